The molecule has 0 aromatic heterocycles. The number of carbonyl (C=O) groups is 1. The van der Waals surface area contributed by atoms with Crippen LogP contribution in [0.3, 0.4) is 0 Å². The predicted octanol–water partition coefficient (Wildman–Crippen LogP) is 3.93. The Hall–Kier alpha value is -2.30. The second-order valence-electron chi connectivity index (χ2n) is 5.78. The topological polar surface area (TPSA) is 78.8 Å². The molecule has 6 nitrogen and oxygen atoms in total. The van der Waals surface area contributed by atoms with Gasteiger partial charge in [-0.25, -0.2) is 13.8 Å². The largest absolute Gasteiger partial charge is 0.417 e. The zero-order valence-corrected chi connectivity index (χ0v) is 17.1. The molecule has 0 fully saturated rings. The fourth-order valence-electron chi connectivity index (χ4n) is 2.29. The number of nitrogens with one attached hydrogen (secondary N) is 1. The molecule has 0 aliphatic carbocycles. The highest BCUT2D eigenvalue weighted by molar-refractivity contribution is 7.92. The normalized spacial score (nSPS) is 12.2. The molecule has 0 radical (unpaired) electrons. The van der Waals surface area contributed by atoms with Gasteiger partial charge in [0.1, 0.15) is 6.54 Å². The van der Waals surface area contributed by atoms with Crippen molar-refractivity contribution in [2.45, 2.75) is 6.18 Å². The van der Waals surface area contributed by atoms with Gasteiger partial charge in [0, 0.05) is 15.6 Å². The number of hydrogen-bond donors (Lipinski definition) is 1. The van der Waals surface area contributed by atoms with Crippen molar-refractivity contribution in [3.8, 4) is 0 Å². The highest BCUT2D eigenvalue weighted by Gasteiger charge is 2.32. The molecule has 2 aromatic carbocycles. The molecule has 156 valence electrons. The number of halogens is 5. The fourth-order valence-corrected chi connectivity index (χ4v) is 3.65. The molecule has 0 aliphatic rings. The van der Waals surface area contributed by atoms with Crippen LogP contribution in [0.4, 0.5) is 18.9 Å². The van der Waals surface area contributed by atoms with Crippen LogP contribution in [0.15, 0.2) is 47.6 Å². The molecular weight excluding hydrogens is 454 g/mol. The lowest BCUT2D eigenvalue weighted by Gasteiger charge is -2.21. The molecule has 0 saturated carbocycles. The first-order chi connectivity index (χ1) is 13.4. The first-order valence-corrected chi connectivity index (χ1v) is 10.4. The van der Waals surface area contributed by atoms with Crippen molar-refractivity contribution in [3.63, 3.8) is 0 Å². The Morgan fingerprint density at radius 3 is 2.31 bits per heavy atom. The van der Waals surface area contributed by atoms with Crippen molar-refractivity contribution < 1.29 is 26.4 Å². The Morgan fingerprint density at radius 2 is 1.76 bits per heavy atom. The lowest BCUT2D eigenvalue weighted by atomic mass is 10.1. The van der Waals surface area contributed by atoms with Crippen LogP contribution < -0.4 is 9.73 Å². The average molecular weight is 468 g/mol. The molecule has 0 aliphatic heterocycles. The zero-order chi connectivity index (χ0) is 21.8. The number of benzene rings is 2. The summed E-state index contributed by atoms with van der Waals surface area (Å²) in [6.45, 7) is -0.687. The van der Waals surface area contributed by atoms with Crippen molar-refractivity contribution in [2.24, 2.45) is 5.10 Å². The van der Waals surface area contributed by atoms with Crippen LogP contribution in [0.1, 0.15) is 11.1 Å². The zero-order valence-electron chi connectivity index (χ0n) is 14.7. The minimum absolute atomic E-state index is 0.0477. The second kappa shape index (κ2) is 9.02. The van der Waals surface area contributed by atoms with Crippen LogP contribution in [0, 0.1) is 0 Å². The van der Waals surface area contributed by atoms with E-state index >= 15 is 0 Å². The molecule has 1 amide bonds. The van der Waals surface area contributed by atoms with E-state index in [1.54, 1.807) is 0 Å². The van der Waals surface area contributed by atoms with Crippen molar-refractivity contribution in [1.29, 1.82) is 0 Å². The minimum atomic E-state index is -4.59. The summed E-state index contributed by atoms with van der Waals surface area (Å²) in [5.74, 6) is -0.882. The van der Waals surface area contributed by atoms with Crippen molar-refractivity contribution >= 4 is 51.0 Å². The van der Waals surface area contributed by atoms with Gasteiger partial charge in [0.25, 0.3) is 5.91 Å². The third-order valence-electron chi connectivity index (χ3n) is 3.48. The summed E-state index contributed by atoms with van der Waals surface area (Å²) in [4.78, 5) is 12.1. The lowest BCUT2D eigenvalue weighted by Crippen LogP contribution is -2.39. The molecule has 29 heavy (non-hydrogen) atoms. The summed E-state index contributed by atoms with van der Waals surface area (Å²) >= 11 is 11.7. The SMILES string of the molecule is CS(=O)(=O)N(CC(=O)NN=Cc1ccccc1C(F)(F)F)c1cc(Cl)cc(Cl)c1. The van der Waals surface area contributed by atoms with E-state index in [4.69, 9.17) is 23.2 Å². The van der Waals surface area contributed by atoms with E-state index < -0.39 is 34.2 Å². The second-order valence-corrected chi connectivity index (χ2v) is 8.56. The molecule has 0 atom stereocenters. The number of rotatable bonds is 6. The number of hydrogen-bond acceptors (Lipinski definition) is 4. The predicted molar refractivity (Wildman–Crippen MR) is 106 cm³/mol. The van der Waals surface area contributed by atoms with Crippen LogP contribution in [0.5, 0.6) is 0 Å². The number of carbonyl (C=O) groups excluding carboxylic acids is 1. The molecule has 2 aromatic rings. The van der Waals surface area contributed by atoms with E-state index in [1.807, 2.05) is 5.43 Å². The van der Waals surface area contributed by atoms with Crippen LogP contribution in [0.25, 0.3) is 0 Å². The van der Waals surface area contributed by atoms with Crippen LogP contribution in [-0.2, 0) is 21.0 Å². The number of amides is 1. The summed E-state index contributed by atoms with van der Waals surface area (Å²) in [5, 5.41) is 3.79. The molecule has 0 heterocycles. The molecular formula is C17H14Cl2F3N3O3S. The van der Waals surface area contributed by atoms with Gasteiger partial charge in [0.15, 0.2) is 0 Å². The average Bonchev–Trinajstić information content (AvgIpc) is 2.57. The molecule has 0 spiro atoms. The maximum Gasteiger partial charge on any atom is 0.417 e. The Morgan fingerprint density at radius 1 is 1.17 bits per heavy atom. The van der Waals surface area contributed by atoms with Crippen molar-refractivity contribution in [1.82, 2.24) is 5.43 Å². The van der Waals surface area contributed by atoms with Crippen LogP contribution in [-0.4, -0.2) is 33.3 Å². The Bertz CT molecular complexity index is 1020. The Kier molecular flexibility index (Phi) is 7.15. The standard InChI is InChI=1S/C17H14Cl2F3N3O3S/c1-29(27,28)25(14-7-12(18)6-13(19)8-14)10-16(26)24-23-9-11-4-2-3-5-15(11)17(20,21)22/h2-9H,10H2,1H3,(H,24,26). The smallest absolute Gasteiger partial charge is 0.271 e. The van der Waals surface area contributed by atoms with Gasteiger partial charge < -0.3 is 0 Å². The Labute approximate surface area is 175 Å². The first-order valence-electron chi connectivity index (χ1n) is 7.80. The number of anilines is 1. The molecule has 0 bridgehead atoms. The van der Waals surface area contributed by atoms with Gasteiger partial charge in [-0.05, 0) is 24.3 Å². The van der Waals surface area contributed by atoms with Crippen molar-refractivity contribution in [3.05, 3.63) is 63.6 Å². The van der Waals surface area contributed by atoms with Gasteiger partial charge in [0.2, 0.25) is 10.0 Å². The highest BCUT2D eigenvalue weighted by Crippen LogP contribution is 2.31. The van der Waals surface area contributed by atoms with E-state index in [0.29, 0.717) is 0 Å². The summed E-state index contributed by atoms with van der Waals surface area (Å²) in [5.41, 5.74) is 0.861. The lowest BCUT2D eigenvalue weighted by molar-refractivity contribution is -0.137. The minimum Gasteiger partial charge on any atom is -0.271 e. The summed E-state index contributed by atoms with van der Waals surface area (Å²) in [7, 11) is -3.90. The van der Waals surface area contributed by atoms with Crippen LogP contribution >= 0.6 is 23.2 Å². The number of sulfonamides is 1. The van der Waals surface area contributed by atoms with E-state index in [2.05, 4.69) is 5.10 Å². The fraction of sp³-hybridized carbons (Fsp3) is 0.176. The quantitative estimate of drug-likeness (QED) is 0.516. The third kappa shape index (κ3) is 6.62. The monoisotopic (exact) mass is 467 g/mol. The molecule has 12 heteroatoms. The van der Waals surface area contributed by atoms with E-state index in [1.165, 1.54) is 36.4 Å². The maximum atomic E-state index is 12.9. The van der Waals surface area contributed by atoms with E-state index in [9.17, 15) is 26.4 Å². The number of alkyl halides is 3. The summed E-state index contributed by atoms with van der Waals surface area (Å²) < 4.78 is 63.6. The third-order valence-corrected chi connectivity index (χ3v) is 5.06. The van der Waals surface area contributed by atoms with Crippen molar-refractivity contribution in [2.75, 3.05) is 17.1 Å². The number of nitrogens with zero attached hydrogens (tertiary/aromatic N) is 2. The van der Waals surface area contributed by atoms with Gasteiger partial charge in [0.05, 0.1) is 23.7 Å². The van der Waals surface area contributed by atoms with Gasteiger partial charge >= 0.3 is 6.18 Å². The first kappa shape index (κ1) is 23.0. The Balaban J connectivity index is 2.17. The van der Waals surface area contributed by atoms with Gasteiger partial charge in [-0.3, -0.25) is 9.10 Å². The van der Waals surface area contributed by atoms with Crippen LogP contribution in [0.2, 0.25) is 10.0 Å². The number of hydrazone groups is 1. The highest BCUT2D eigenvalue weighted by atomic mass is 35.5. The van der Waals surface area contributed by atoms with E-state index in [0.717, 1.165) is 22.8 Å². The molecule has 2 rings (SSSR count). The van der Waals surface area contributed by atoms with E-state index in [-0.39, 0.29) is 21.3 Å². The molecule has 1 N–H and O–H groups in total. The van der Waals surface area contributed by atoms with Gasteiger partial charge in [-0.1, -0.05) is 41.4 Å². The van der Waals surface area contributed by atoms with Gasteiger partial charge in [-0.15, -0.1) is 0 Å². The maximum absolute atomic E-state index is 12.9. The molecule has 0 saturated heterocycles. The summed E-state index contributed by atoms with van der Waals surface area (Å²) in [6.07, 6.45) is -2.90. The summed E-state index contributed by atoms with van der Waals surface area (Å²) in [6, 6.07) is 8.63. The molecule has 0 unspecified atom stereocenters. The van der Waals surface area contributed by atoms with Gasteiger partial charge in [-0.2, -0.15) is 18.3 Å².